The number of hydrogen-bond donors (Lipinski definition) is 2. The molecule has 2 rings (SSSR count). The molecule has 0 heterocycles. The van der Waals surface area contributed by atoms with Gasteiger partial charge in [-0.1, -0.05) is 11.6 Å². The first-order valence-electron chi connectivity index (χ1n) is 6.76. The normalized spacial score (nSPS) is 22.1. The third-order valence-electron chi connectivity index (χ3n) is 3.56. The van der Waals surface area contributed by atoms with Crippen molar-refractivity contribution in [1.82, 2.24) is 0 Å². The van der Waals surface area contributed by atoms with Crippen LogP contribution in [0, 0.1) is 5.92 Å². The lowest BCUT2D eigenvalue weighted by Crippen LogP contribution is -2.32. The van der Waals surface area contributed by atoms with Crippen molar-refractivity contribution in [3.63, 3.8) is 0 Å². The van der Waals surface area contributed by atoms with Crippen molar-refractivity contribution in [2.24, 2.45) is 11.7 Å². The number of halogens is 3. The maximum Gasteiger partial charge on any atom is 0.387 e. The Hall–Kier alpha value is -1.40. The minimum absolute atomic E-state index is 0.0266. The molecule has 21 heavy (non-hydrogen) atoms. The van der Waals surface area contributed by atoms with Gasteiger partial charge in [0.1, 0.15) is 5.75 Å². The lowest BCUT2D eigenvalue weighted by atomic mass is 9.86. The number of rotatable bonds is 4. The predicted octanol–water partition coefficient (Wildman–Crippen LogP) is 3.40. The van der Waals surface area contributed by atoms with Crippen LogP contribution in [0.2, 0.25) is 5.02 Å². The van der Waals surface area contributed by atoms with Crippen molar-refractivity contribution in [2.75, 3.05) is 5.32 Å². The maximum absolute atomic E-state index is 12.1. The second-order valence-electron chi connectivity index (χ2n) is 5.12. The van der Waals surface area contributed by atoms with Gasteiger partial charge >= 0.3 is 6.61 Å². The van der Waals surface area contributed by atoms with Crippen LogP contribution in [-0.2, 0) is 4.79 Å². The maximum atomic E-state index is 12.1. The summed E-state index contributed by atoms with van der Waals surface area (Å²) in [6.07, 6.45) is 3.18. The average Bonchev–Trinajstić information content (AvgIpc) is 2.42. The molecule has 0 bridgehead atoms. The number of nitrogens with one attached hydrogen (secondary N) is 1. The van der Waals surface area contributed by atoms with Crippen molar-refractivity contribution >= 4 is 23.2 Å². The fourth-order valence-corrected chi connectivity index (χ4v) is 2.62. The summed E-state index contributed by atoms with van der Waals surface area (Å²) in [5, 5.41) is 2.77. The number of benzene rings is 1. The van der Waals surface area contributed by atoms with E-state index >= 15 is 0 Å². The second-order valence-corrected chi connectivity index (χ2v) is 5.53. The molecule has 1 saturated carbocycles. The summed E-state index contributed by atoms with van der Waals surface area (Å²) in [5.74, 6) is -0.283. The van der Waals surface area contributed by atoms with Crippen LogP contribution in [-0.4, -0.2) is 18.6 Å². The molecule has 0 saturated heterocycles. The molecule has 0 aromatic heterocycles. The van der Waals surface area contributed by atoms with E-state index in [2.05, 4.69) is 10.1 Å². The van der Waals surface area contributed by atoms with E-state index in [4.69, 9.17) is 17.3 Å². The number of ether oxygens (including phenoxy) is 1. The number of anilines is 1. The molecule has 3 N–H and O–H groups in total. The molecule has 1 aliphatic rings. The van der Waals surface area contributed by atoms with Crippen LogP contribution in [0.3, 0.4) is 0 Å². The van der Waals surface area contributed by atoms with E-state index < -0.39 is 6.61 Å². The molecule has 4 nitrogen and oxygen atoms in total. The summed E-state index contributed by atoms with van der Waals surface area (Å²) in [7, 11) is 0. The number of alkyl halides is 2. The molecule has 0 spiro atoms. The summed E-state index contributed by atoms with van der Waals surface area (Å²) >= 11 is 5.84. The Kier molecular flexibility index (Phi) is 5.36. The van der Waals surface area contributed by atoms with Gasteiger partial charge in [0.05, 0.1) is 5.02 Å². The van der Waals surface area contributed by atoms with Crippen LogP contribution in [0.1, 0.15) is 25.7 Å². The lowest BCUT2D eigenvalue weighted by molar-refractivity contribution is -0.120. The minimum Gasteiger partial charge on any atom is -0.433 e. The SMILES string of the molecule is NC1CCC(C(=O)Nc2ccc(OC(F)F)c(Cl)c2)CC1. The molecule has 1 aromatic rings. The van der Waals surface area contributed by atoms with Gasteiger partial charge in [-0.2, -0.15) is 8.78 Å². The van der Waals surface area contributed by atoms with Gasteiger partial charge in [-0.05, 0) is 43.9 Å². The third-order valence-corrected chi connectivity index (χ3v) is 3.85. The van der Waals surface area contributed by atoms with E-state index in [-0.39, 0.29) is 28.6 Å². The molecule has 1 aliphatic carbocycles. The molecule has 0 unspecified atom stereocenters. The van der Waals surface area contributed by atoms with Crippen LogP contribution < -0.4 is 15.8 Å². The summed E-state index contributed by atoms with van der Waals surface area (Å²) in [6, 6.07) is 4.36. The first-order chi connectivity index (χ1) is 9.95. The van der Waals surface area contributed by atoms with Gasteiger partial charge in [0, 0.05) is 17.6 Å². The van der Waals surface area contributed by atoms with Crippen molar-refractivity contribution < 1.29 is 18.3 Å². The standard InChI is InChI=1S/C14H17ClF2N2O2/c15-11-7-10(5-6-12(11)21-14(16)17)19-13(20)8-1-3-9(18)4-2-8/h5-9,14H,1-4,18H2,(H,19,20). The number of carbonyl (C=O) groups excluding carboxylic acids is 1. The van der Waals surface area contributed by atoms with Crippen molar-refractivity contribution in [2.45, 2.75) is 38.3 Å². The number of amides is 1. The molecular formula is C14H17ClF2N2O2. The quantitative estimate of drug-likeness (QED) is 0.894. The lowest BCUT2D eigenvalue weighted by Gasteiger charge is -2.25. The second kappa shape index (κ2) is 7.04. The van der Waals surface area contributed by atoms with Crippen LogP contribution in [0.25, 0.3) is 0 Å². The molecule has 7 heteroatoms. The van der Waals surface area contributed by atoms with E-state index in [1.54, 1.807) is 0 Å². The fourth-order valence-electron chi connectivity index (χ4n) is 2.40. The highest BCUT2D eigenvalue weighted by Crippen LogP contribution is 2.30. The average molecular weight is 319 g/mol. The molecule has 0 radical (unpaired) electrons. The van der Waals surface area contributed by atoms with Crippen LogP contribution in [0.15, 0.2) is 18.2 Å². The van der Waals surface area contributed by atoms with Crippen LogP contribution in [0.4, 0.5) is 14.5 Å². The van der Waals surface area contributed by atoms with Gasteiger partial charge in [-0.3, -0.25) is 4.79 Å². The Morgan fingerprint density at radius 2 is 2.00 bits per heavy atom. The smallest absolute Gasteiger partial charge is 0.387 e. The largest absolute Gasteiger partial charge is 0.433 e. The van der Waals surface area contributed by atoms with E-state index in [9.17, 15) is 13.6 Å². The minimum atomic E-state index is -2.94. The number of nitrogens with two attached hydrogens (primary N) is 1. The third kappa shape index (κ3) is 4.54. The predicted molar refractivity (Wildman–Crippen MR) is 76.6 cm³/mol. The van der Waals surface area contributed by atoms with E-state index in [0.29, 0.717) is 5.69 Å². The molecule has 116 valence electrons. The van der Waals surface area contributed by atoms with E-state index in [1.165, 1.54) is 18.2 Å². The molecule has 0 aliphatic heterocycles. The van der Waals surface area contributed by atoms with E-state index in [0.717, 1.165) is 25.7 Å². The van der Waals surface area contributed by atoms with Crippen LogP contribution in [0.5, 0.6) is 5.75 Å². The number of hydrogen-bond acceptors (Lipinski definition) is 3. The highest BCUT2D eigenvalue weighted by atomic mass is 35.5. The zero-order valence-corrected chi connectivity index (χ0v) is 12.1. The van der Waals surface area contributed by atoms with Crippen LogP contribution >= 0.6 is 11.6 Å². The zero-order valence-electron chi connectivity index (χ0n) is 11.3. The summed E-state index contributed by atoms with van der Waals surface area (Å²) < 4.78 is 28.5. The summed E-state index contributed by atoms with van der Waals surface area (Å²) in [4.78, 5) is 12.1. The highest BCUT2D eigenvalue weighted by Gasteiger charge is 2.24. The Morgan fingerprint density at radius 3 is 2.57 bits per heavy atom. The first-order valence-corrected chi connectivity index (χ1v) is 7.14. The zero-order chi connectivity index (χ0) is 15.4. The topological polar surface area (TPSA) is 64.4 Å². The van der Waals surface area contributed by atoms with Gasteiger partial charge < -0.3 is 15.8 Å². The van der Waals surface area contributed by atoms with Gasteiger partial charge in [-0.25, -0.2) is 0 Å². The monoisotopic (exact) mass is 318 g/mol. The first kappa shape index (κ1) is 16.0. The van der Waals surface area contributed by atoms with Crippen molar-refractivity contribution in [3.05, 3.63) is 23.2 Å². The molecule has 1 amide bonds. The number of carbonyl (C=O) groups is 1. The molecule has 1 fully saturated rings. The highest BCUT2D eigenvalue weighted by molar-refractivity contribution is 6.32. The Morgan fingerprint density at radius 1 is 1.33 bits per heavy atom. The van der Waals surface area contributed by atoms with Gasteiger partial charge in [0.15, 0.2) is 0 Å². The van der Waals surface area contributed by atoms with Gasteiger partial charge in [-0.15, -0.1) is 0 Å². The molecule has 0 atom stereocenters. The molecule has 1 aromatic carbocycles. The Bertz CT molecular complexity index is 506. The van der Waals surface area contributed by atoms with E-state index in [1.807, 2.05) is 0 Å². The fraction of sp³-hybridized carbons (Fsp3) is 0.500. The van der Waals surface area contributed by atoms with Gasteiger partial charge in [0.2, 0.25) is 5.91 Å². The van der Waals surface area contributed by atoms with Gasteiger partial charge in [0.25, 0.3) is 0 Å². The Labute approximate surface area is 126 Å². The van der Waals surface area contributed by atoms with Crippen molar-refractivity contribution in [1.29, 1.82) is 0 Å². The summed E-state index contributed by atoms with van der Waals surface area (Å²) in [5.41, 5.74) is 6.26. The summed E-state index contributed by atoms with van der Waals surface area (Å²) in [6.45, 7) is -2.94. The Balaban J connectivity index is 1.96. The molecular weight excluding hydrogens is 302 g/mol. The van der Waals surface area contributed by atoms with Crippen molar-refractivity contribution in [3.8, 4) is 5.75 Å².